The van der Waals surface area contributed by atoms with E-state index in [0.29, 0.717) is 38.1 Å². The van der Waals surface area contributed by atoms with Gasteiger partial charge in [0.15, 0.2) is 14.1 Å². The van der Waals surface area contributed by atoms with Crippen molar-refractivity contribution in [3.63, 3.8) is 0 Å². The van der Waals surface area contributed by atoms with Crippen molar-refractivity contribution >= 4 is 30.9 Å². The predicted octanol–water partition coefficient (Wildman–Crippen LogP) is 4.11. The molecule has 0 amide bonds. The highest BCUT2D eigenvalue weighted by Gasteiger charge is 2.36. The van der Waals surface area contributed by atoms with Gasteiger partial charge < -0.3 is 18.6 Å². The summed E-state index contributed by atoms with van der Waals surface area (Å²) in [5, 5.41) is 0.200. The fourth-order valence-electron chi connectivity index (χ4n) is 1.50. The first-order valence-electron chi connectivity index (χ1n) is 7.72. The summed E-state index contributed by atoms with van der Waals surface area (Å²) in [6.07, 6.45) is 0. The number of rotatable bonds is 9. The molecule has 1 rings (SSSR count). The first kappa shape index (κ1) is 20.7. The number of halogens is 1. The maximum absolute atomic E-state index is 6.11. The molecule has 0 aromatic carbocycles. The molecule has 1 aromatic heterocycles. The summed E-state index contributed by atoms with van der Waals surface area (Å²) in [6, 6.07) is 3.77. The summed E-state index contributed by atoms with van der Waals surface area (Å²) in [7, 11) is -0.0961. The lowest BCUT2D eigenvalue weighted by atomic mass is 10.2. The summed E-state index contributed by atoms with van der Waals surface area (Å²) in [5.74, 6) is 1.14. The van der Waals surface area contributed by atoms with Gasteiger partial charge in [-0.25, -0.2) is 4.98 Å². The van der Waals surface area contributed by atoms with Gasteiger partial charge in [0.25, 0.3) is 5.88 Å². The van der Waals surface area contributed by atoms with Crippen LogP contribution in [0.3, 0.4) is 0 Å². The molecule has 1 aromatic rings. The third-order valence-corrected chi connectivity index (χ3v) is 9.07. The number of pyridine rings is 1. The van der Waals surface area contributed by atoms with Crippen LogP contribution >= 0.6 is 22.6 Å². The highest BCUT2D eigenvalue weighted by Crippen LogP contribution is 2.36. The lowest BCUT2D eigenvalue weighted by Gasteiger charge is -2.36. The molecule has 23 heavy (non-hydrogen) atoms. The average Bonchev–Trinajstić information content (AvgIpc) is 2.44. The van der Waals surface area contributed by atoms with Crippen LogP contribution in [0.4, 0.5) is 0 Å². The Morgan fingerprint density at radius 3 is 2.30 bits per heavy atom. The van der Waals surface area contributed by atoms with E-state index >= 15 is 0 Å². The summed E-state index contributed by atoms with van der Waals surface area (Å²) < 4.78 is 23.4. The number of nitrogens with zero attached hydrogens (tertiary/aromatic N) is 1. The predicted molar refractivity (Wildman–Crippen MR) is 103 cm³/mol. The van der Waals surface area contributed by atoms with Crippen molar-refractivity contribution in [2.75, 3.05) is 33.5 Å². The van der Waals surface area contributed by atoms with Crippen LogP contribution in [0.5, 0.6) is 11.6 Å². The van der Waals surface area contributed by atoms with Crippen LogP contribution in [0.25, 0.3) is 0 Å². The van der Waals surface area contributed by atoms with Crippen molar-refractivity contribution < 1.29 is 18.6 Å². The fourth-order valence-corrected chi connectivity index (χ4v) is 2.93. The lowest BCUT2D eigenvalue weighted by Crippen LogP contribution is -2.41. The van der Waals surface area contributed by atoms with E-state index in [1.54, 1.807) is 7.11 Å². The van der Waals surface area contributed by atoms with Crippen molar-refractivity contribution in [3.05, 3.63) is 15.8 Å². The van der Waals surface area contributed by atoms with Gasteiger partial charge >= 0.3 is 0 Å². The Bertz CT molecular complexity index is 491. The quantitative estimate of drug-likeness (QED) is 0.244. The molecule has 0 saturated heterocycles. The van der Waals surface area contributed by atoms with Gasteiger partial charge in [-0.1, -0.05) is 20.8 Å². The molecule has 0 radical (unpaired) electrons. The van der Waals surface area contributed by atoms with Gasteiger partial charge in [0.05, 0.1) is 13.2 Å². The monoisotopic (exact) mass is 453 g/mol. The molecule has 0 spiro atoms. The van der Waals surface area contributed by atoms with Crippen LogP contribution in [-0.2, 0) is 9.16 Å². The molecule has 0 aliphatic heterocycles. The topological polar surface area (TPSA) is 49.8 Å². The van der Waals surface area contributed by atoms with Crippen molar-refractivity contribution in [2.24, 2.45) is 0 Å². The molecule has 0 N–H and O–H groups in total. The Morgan fingerprint density at radius 1 is 1.04 bits per heavy atom. The Labute approximate surface area is 154 Å². The normalized spacial score (nSPS) is 12.3. The average molecular weight is 453 g/mol. The summed E-state index contributed by atoms with van der Waals surface area (Å²) in [6.45, 7) is 13.2. The maximum Gasteiger partial charge on any atom is 0.258 e. The number of methoxy groups -OCH3 is 1. The van der Waals surface area contributed by atoms with E-state index in [0.717, 1.165) is 3.70 Å². The molecular weight excluding hydrogens is 425 g/mol. The number of ether oxygens (including phenoxy) is 3. The molecule has 0 aliphatic carbocycles. The number of aromatic nitrogens is 1. The lowest BCUT2D eigenvalue weighted by molar-refractivity contribution is 0.138. The van der Waals surface area contributed by atoms with Gasteiger partial charge in [0.2, 0.25) is 0 Å². The molecule has 5 nitrogen and oxygen atoms in total. The van der Waals surface area contributed by atoms with Crippen LogP contribution in [0.1, 0.15) is 20.8 Å². The van der Waals surface area contributed by atoms with Gasteiger partial charge in [-0.3, -0.25) is 0 Å². The Balaban J connectivity index is 2.54. The largest absolute Gasteiger partial charge is 0.486 e. The number of hydrogen-bond donors (Lipinski definition) is 0. The van der Waals surface area contributed by atoms with Gasteiger partial charge in [-0.2, -0.15) is 0 Å². The van der Waals surface area contributed by atoms with Crippen LogP contribution in [0, 0.1) is 3.70 Å². The summed E-state index contributed by atoms with van der Waals surface area (Å²) >= 11 is 2.15. The molecule has 0 aliphatic rings. The third-order valence-electron chi connectivity index (χ3n) is 3.93. The van der Waals surface area contributed by atoms with Crippen LogP contribution in [0.15, 0.2) is 12.1 Å². The third kappa shape index (κ3) is 6.94. The summed E-state index contributed by atoms with van der Waals surface area (Å²) in [5.41, 5.74) is 0. The first-order valence-corrected chi connectivity index (χ1v) is 11.7. The Kier molecular flexibility index (Phi) is 8.26. The molecule has 1 heterocycles. The van der Waals surface area contributed by atoms with Gasteiger partial charge in [-0.05, 0) is 52.9 Å². The molecule has 0 atom stereocenters. The zero-order chi connectivity index (χ0) is 17.5. The van der Waals surface area contributed by atoms with E-state index < -0.39 is 8.32 Å². The standard InChI is InChI=1S/C16H28INO4Si/c1-16(2,3)23(5,6)22-12-11-20-13-7-8-14(17)18-15(13)21-10-9-19-4/h7-8H,9-12H2,1-6H3. The van der Waals surface area contributed by atoms with E-state index in [4.69, 9.17) is 18.6 Å². The zero-order valence-corrected chi connectivity index (χ0v) is 18.1. The SMILES string of the molecule is COCCOc1nc(I)ccc1OCCO[Si](C)(C)C(C)(C)C. The van der Waals surface area contributed by atoms with E-state index in [9.17, 15) is 0 Å². The highest BCUT2D eigenvalue weighted by atomic mass is 127. The van der Waals surface area contributed by atoms with Crippen molar-refractivity contribution in [2.45, 2.75) is 38.9 Å². The van der Waals surface area contributed by atoms with Crippen molar-refractivity contribution in [3.8, 4) is 11.6 Å². The maximum atomic E-state index is 6.11. The second-order valence-corrected chi connectivity index (χ2v) is 12.7. The molecule has 0 fully saturated rings. The van der Waals surface area contributed by atoms with Crippen LogP contribution in [-0.4, -0.2) is 46.8 Å². The molecule has 7 heteroatoms. The highest BCUT2D eigenvalue weighted by molar-refractivity contribution is 14.1. The number of hydrogen-bond acceptors (Lipinski definition) is 5. The van der Waals surface area contributed by atoms with Crippen LogP contribution in [0.2, 0.25) is 18.1 Å². The van der Waals surface area contributed by atoms with Crippen molar-refractivity contribution in [1.82, 2.24) is 4.98 Å². The van der Waals surface area contributed by atoms with E-state index in [-0.39, 0.29) is 5.04 Å². The van der Waals surface area contributed by atoms with E-state index in [2.05, 4.69) is 61.4 Å². The van der Waals surface area contributed by atoms with Gasteiger partial charge in [0.1, 0.15) is 16.9 Å². The molecule has 132 valence electrons. The van der Waals surface area contributed by atoms with Crippen molar-refractivity contribution in [1.29, 1.82) is 0 Å². The fraction of sp³-hybridized carbons (Fsp3) is 0.688. The molecular formula is C16H28INO4Si. The van der Waals surface area contributed by atoms with E-state index in [1.165, 1.54) is 0 Å². The van der Waals surface area contributed by atoms with Crippen LogP contribution < -0.4 is 9.47 Å². The minimum absolute atomic E-state index is 0.200. The molecule has 0 bridgehead atoms. The first-order chi connectivity index (χ1) is 10.7. The second-order valence-electron chi connectivity index (χ2n) is 6.74. The minimum atomic E-state index is -1.74. The molecule has 0 saturated carbocycles. The van der Waals surface area contributed by atoms with Gasteiger partial charge in [-0.15, -0.1) is 0 Å². The smallest absolute Gasteiger partial charge is 0.258 e. The minimum Gasteiger partial charge on any atom is -0.486 e. The molecule has 0 unspecified atom stereocenters. The van der Waals surface area contributed by atoms with Gasteiger partial charge in [0, 0.05) is 7.11 Å². The Morgan fingerprint density at radius 2 is 1.70 bits per heavy atom. The summed E-state index contributed by atoms with van der Waals surface area (Å²) in [4.78, 5) is 4.36. The van der Waals surface area contributed by atoms with E-state index in [1.807, 2.05) is 12.1 Å². The zero-order valence-electron chi connectivity index (χ0n) is 14.9. The Hall–Kier alpha value is -0.383. The second kappa shape index (κ2) is 9.19.